The van der Waals surface area contributed by atoms with Crippen LogP contribution in [0.3, 0.4) is 0 Å². The van der Waals surface area contributed by atoms with E-state index < -0.39 is 96.3 Å². The first-order valence-corrected chi connectivity index (χ1v) is 41.7. The molecule has 0 spiro atoms. The van der Waals surface area contributed by atoms with Gasteiger partial charge >= 0.3 is 30.0 Å². The normalized spacial score (nSPS) is 12.3. The van der Waals surface area contributed by atoms with Crippen LogP contribution in [0.1, 0.15) is 319 Å². The van der Waals surface area contributed by atoms with E-state index in [1.165, 1.54) is 210 Å². The third-order valence-electron chi connectivity index (χ3n) is 19.2. The molecule has 110 heavy (non-hydrogen) atoms. The molecule has 13 N–H and O–H groups in total. The van der Waals surface area contributed by atoms with Crippen LogP contribution < -0.4 is 47.9 Å². The number of unbranched alkanes of at least 4 members (excludes halogenated alkanes) is 30. The first-order chi connectivity index (χ1) is 52.9. The molecule has 28 nitrogen and oxygen atoms in total. The van der Waals surface area contributed by atoms with Gasteiger partial charge in [0, 0.05) is 63.4 Å². The van der Waals surface area contributed by atoms with E-state index in [2.05, 4.69) is 54.8 Å². The molecule has 0 aliphatic carbocycles. The molecule has 0 radical (unpaired) electrons. The summed E-state index contributed by atoms with van der Waals surface area (Å²) in [5, 5.41) is 59.1. The average molecular weight is 1560 g/mol. The first kappa shape index (κ1) is 101. The Hall–Kier alpha value is -7.01. The molecule has 1 aromatic carbocycles. The highest BCUT2D eigenvalue weighted by atomic mass is 16.6. The highest BCUT2D eigenvalue weighted by Crippen LogP contribution is 2.23. The number of ether oxygens (including phenoxy) is 4. The molecule has 632 valence electrons. The van der Waals surface area contributed by atoms with E-state index in [1.807, 2.05) is 27.7 Å². The molecule has 28 heteroatoms. The van der Waals surface area contributed by atoms with Crippen LogP contribution in [0.4, 0.5) is 9.59 Å². The lowest BCUT2D eigenvalue weighted by Gasteiger charge is -2.32. The number of hydrogen-bond acceptors (Lipinski definition) is 17. The van der Waals surface area contributed by atoms with Gasteiger partial charge in [0.15, 0.2) is 5.78 Å². The number of carboxylic acids is 3. The predicted octanol–water partition coefficient (Wildman–Crippen LogP) is 11.9. The number of nitrogens with one attached hydrogen (secondary N) is 9. The Balaban J connectivity index is 2.00. The van der Waals surface area contributed by atoms with Gasteiger partial charge in [0.05, 0.1) is 57.2 Å². The first-order valence-electron chi connectivity index (χ1n) is 41.7. The second kappa shape index (κ2) is 66.6. The molecule has 3 unspecified atom stereocenters. The SMILES string of the molecule is CCC(CCCCCCCCCCCCCCCCCCO)CCCCCCCCCCCCCCCOCCOC(=O)NCCCCCC(=O)NCC(C)(C)OCC(C)(C)OCCNC(=O)CNC(=O)CNC(=O)CNCC(=O)c1ccc(C(=O)NCCCCC(NC(=O)NC(CCC(=O)O)C(=O)O)C(=O)O)cc1. The number of Topliss-reactive ketones (excluding diaryl/α,β-unsaturated/α-hetero) is 1. The molecule has 0 fully saturated rings. The third-order valence-corrected chi connectivity index (χ3v) is 19.2. The molecule has 0 aromatic heterocycles. The lowest BCUT2D eigenvalue weighted by molar-refractivity contribution is -0.141. The van der Waals surface area contributed by atoms with Gasteiger partial charge in [-0.2, -0.15) is 0 Å². The zero-order valence-corrected chi connectivity index (χ0v) is 67.8. The molecule has 1 rings (SSSR count). The van der Waals surface area contributed by atoms with Gasteiger partial charge in [-0.3, -0.25) is 33.6 Å². The van der Waals surface area contributed by atoms with Gasteiger partial charge in [0.1, 0.15) is 18.7 Å². The highest BCUT2D eigenvalue weighted by Gasteiger charge is 2.28. The van der Waals surface area contributed by atoms with Gasteiger partial charge < -0.3 is 87.2 Å². The maximum atomic E-state index is 12.7. The monoisotopic (exact) mass is 1560 g/mol. The quantitative estimate of drug-likeness (QED) is 0.0213. The van der Waals surface area contributed by atoms with Crippen molar-refractivity contribution in [3.63, 3.8) is 0 Å². The molecule has 0 bridgehead atoms. The summed E-state index contributed by atoms with van der Waals surface area (Å²) in [6, 6.07) is 1.69. The number of carbonyl (C=O) groups is 11. The number of amides is 8. The molecule has 8 amide bonds. The van der Waals surface area contributed by atoms with E-state index in [1.54, 1.807) is 0 Å². The number of aliphatic carboxylic acids is 3. The Kier molecular flexibility index (Phi) is 61.1. The third kappa shape index (κ3) is 60.7. The van der Waals surface area contributed by atoms with E-state index in [0.717, 1.165) is 31.6 Å². The molecule has 0 heterocycles. The van der Waals surface area contributed by atoms with Crippen molar-refractivity contribution in [3.8, 4) is 0 Å². The summed E-state index contributed by atoms with van der Waals surface area (Å²) >= 11 is 0. The maximum Gasteiger partial charge on any atom is 0.407 e. The topological polar surface area (TPSA) is 414 Å². The fourth-order valence-corrected chi connectivity index (χ4v) is 12.3. The number of aliphatic hydroxyl groups excluding tert-OH is 1. The van der Waals surface area contributed by atoms with Crippen molar-refractivity contribution in [2.45, 2.75) is 321 Å². The van der Waals surface area contributed by atoms with E-state index in [9.17, 15) is 63.0 Å². The minimum Gasteiger partial charge on any atom is -0.481 e. The van der Waals surface area contributed by atoms with Gasteiger partial charge in [0.2, 0.25) is 23.6 Å². The van der Waals surface area contributed by atoms with Crippen molar-refractivity contribution in [3.05, 3.63) is 35.4 Å². The van der Waals surface area contributed by atoms with Crippen molar-refractivity contribution in [1.82, 2.24) is 47.9 Å². The Morgan fingerprint density at radius 3 is 1.37 bits per heavy atom. The van der Waals surface area contributed by atoms with Gasteiger partial charge in [-0.1, -0.05) is 218 Å². The molecule has 0 aliphatic rings. The smallest absolute Gasteiger partial charge is 0.407 e. The van der Waals surface area contributed by atoms with Crippen molar-refractivity contribution in [1.29, 1.82) is 0 Å². The number of carboxylic acid groups (broad SMARTS) is 3. The second-order valence-corrected chi connectivity index (χ2v) is 30.3. The van der Waals surface area contributed by atoms with Crippen LogP contribution in [0.25, 0.3) is 0 Å². The summed E-state index contributed by atoms with van der Waals surface area (Å²) in [6.45, 7) is 11.4. The van der Waals surface area contributed by atoms with Crippen molar-refractivity contribution in [2.24, 2.45) is 5.92 Å². The van der Waals surface area contributed by atoms with Crippen LogP contribution >= 0.6 is 0 Å². The van der Waals surface area contributed by atoms with E-state index in [4.69, 9.17) is 29.2 Å². The molecule has 0 saturated carbocycles. The Morgan fingerprint density at radius 2 is 0.855 bits per heavy atom. The van der Waals surface area contributed by atoms with E-state index in [-0.39, 0.29) is 94.7 Å². The molecule has 1 aromatic rings. The summed E-state index contributed by atoms with van der Waals surface area (Å²) in [5.41, 5.74) is -0.970. The molecular formula is C82H145N9O19. The van der Waals surface area contributed by atoms with Crippen LogP contribution in [-0.2, 0) is 52.5 Å². The van der Waals surface area contributed by atoms with Crippen LogP contribution in [0.5, 0.6) is 0 Å². The Bertz CT molecular complexity index is 2670. The molecular weight excluding hydrogens is 1410 g/mol. The van der Waals surface area contributed by atoms with Crippen LogP contribution in [0.15, 0.2) is 24.3 Å². The highest BCUT2D eigenvalue weighted by molar-refractivity contribution is 6.00. The minimum atomic E-state index is -1.54. The zero-order valence-electron chi connectivity index (χ0n) is 67.8. The number of aliphatic hydroxyl groups is 1. The van der Waals surface area contributed by atoms with E-state index >= 15 is 0 Å². The van der Waals surface area contributed by atoms with Crippen molar-refractivity contribution in [2.75, 3.05) is 92.0 Å². The number of benzene rings is 1. The number of urea groups is 1. The standard InChI is InChI=1S/C82H145N9O19/c1-6-65(41-33-28-24-20-16-12-9-7-8-10-14-18-22-26-30-39-54-92)42-34-29-25-21-17-13-11-15-19-23-27-31-40-55-107-57-58-108-80(106)86-52-37-32-35-44-71(94)89-63-81(2,3)110-64-82(4,5)109-56-53-84-73(96)61-88-74(97)62-87-72(95)60-83-59-70(93)66-45-47-67(48-46-66)76(100)85-51-38-36-43-68(77(101)102)90-79(105)91-69(78(103)104)49-50-75(98)99/h45-48,65,68-69,83,92H,6-44,49-64H2,1-5H3,(H,84,96)(H,85,100)(H,86,106)(H,87,95)(H,88,97)(H,89,94)(H,98,99)(H,101,102)(H,103,104)(H2,90,91,105). The minimum absolute atomic E-state index is 0.0555. The number of ketones is 1. The summed E-state index contributed by atoms with van der Waals surface area (Å²) in [4.78, 5) is 133. The summed E-state index contributed by atoms with van der Waals surface area (Å²) in [7, 11) is 0. The number of hydrogen-bond donors (Lipinski definition) is 13. The van der Waals surface area contributed by atoms with Gasteiger partial charge in [-0.25, -0.2) is 19.2 Å². The number of carbonyl (C=O) groups excluding carboxylic acids is 8. The number of alkyl carbamates (subject to hydrolysis) is 1. The molecule has 0 saturated heterocycles. The lowest BCUT2D eigenvalue weighted by Crippen LogP contribution is -2.51. The fraction of sp³-hybridized carbons (Fsp3) is 0.793. The zero-order chi connectivity index (χ0) is 81.1. The van der Waals surface area contributed by atoms with Crippen LogP contribution in [0.2, 0.25) is 0 Å². The van der Waals surface area contributed by atoms with Crippen LogP contribution in [0, 0.1) is 5.92 Å². The molecule has 3 atom stereocenters. The van der Waals surface area contributed by atoms with Crippen molar-refractivity contribution >= 4 is 65.4 Å². The largest absolute Gasteiger partial charge is 0.481 e. The average Bonchev–Trinajstić information content (AvgIpc) is 0.881. The van der Waals surface area contributed by atoms with Gasteiger partial charge in [0.25, 0.3) is 5.91 Å². The fourth-order valence-electron chi connectivity index (χ4n) is 12.3. The predicted molar refractivity (Wildman–Crippen MR) is 426 cm³/mol. The lowest BCUT2D eigenvalue weighted by atomic mass is 9.92. The second-order valence-electron chi connectivity index (χ2n) is 30.3. The Labute approximate surface area is 657 Å². The summed E-state index contributed by atoms with van der Waals surface area (Å²) < 4.78 is 23.0. The van der Waals surface area contributed by atoms with Crippen LogP contribution in [-0.4, -0.2) is 201 Å². The van der Waals surface area contributed by atoms with E-state index in [0.29, 0.717) is 52.0 Å². The maximum absolute atomic E-state index is 12.7. The molecule has 0 aliphatic heterocycles. The Morgan fingerprint density at radius 1 is 0.400 bits per heavy atom. The van der Waals surface area contributed by atoms with Gasteiger partial charge in [-0.15, -0.1) is 0 Å². The summed E-state index contributed by atoms with van der Waals surface area (Å²) in [6.07, 6.45) is 44.7. The van der Waals surface area contributed by atoms with Crippen molar-refractivity contribution < 1.29 is 92.1 Å². The number of rotatable bonds is 75. The van der Waals surface area contributed by atoms with Gasteiger partial charge in [-0.05, 0) is 97.1 Å². The summed E-state index contributed by atoms with van der Waals surface area (Å²) in [5.74, 6) is -5.85.